The Balaban J connectivity index is 2.30. The van der Waals surface area contributed by atoms with E-state index in [4.69, 9.17) is 10.5 Å². The van der Waals surface area contributed by atoms with Crippen LogP contribution in [0.4, 0.5) is 23.2 Å². The highest BCUT2D eigenvalue weighted by atomic mass is 19.2. The van der Waals surface area contributed by atoms with Crippen LogP contribution in [-0.4, -0.2) is 0 Å². The van der Waals surface area contributed by atoms with Crippen LogP contribution in [0.15, 0.2) is 24.3 Å². The van der Waals surface area contributed by atoms with Gasteiger partial charge >= 0.3 is 0 Å². The van der Waals surface area contributed by atoms with Crippen LogP contribution < -0.4 is 10.5 Å². The zero-order chi connectivity index (χ0) is 14.9. The standard InChI is InChI=1S/C14H11F4NO/c1-7-11(15)13(17)10(14(18)12(7)16)6-20-9-4-2-3-8(19)5-9/h2-5H,6,19H2,1H3. The van der Waals surface area contributed by atoms with E-state index in [0.29, 0.717) is 5.69 Å². The lowest BCUT2D eigenvalue weighted by molar-refractivity contribution is 0.285. The van der Waals surface area contributed by atoms with Gasteiger partial charge in [0.05, 0.1) is 5.56 Å². The SMILES string of the molecule is Cc1c(F)c(F)c(COc2cccc(N)c2)c(F)c1F. The predicted octanol–water partition coefficient (Wildman–Crippen LogP) is 3.71. The van der Waals surface area contributed by atoms with E-state index in [0.717, 1.165) is 6.92 Å². The maximum atomic E-state index is 13.6. The molecule has 2 N–H and O–H groups in total. The van der Waals surface area contributed by atoms with Gasteiger partial charge in [0.2, 0.25) is 0 Å². The molecule has 0 aliphatic rings. The average molecular weight is 285 g/mol. The molecule has 0 aromatic heterocycles. The molecule has 0 fully saturated rings. The van der Waals surface area contributed by atoms with Gasteiger partial charge in [0.25, 0.3) is 0 Å². The summed E-state index contributed by atoms with van der Waals surface area (Å²) in [6.07, 6.45) is 0. The third-order valence-electron chi connectivity index (χ3n) is 2.82. The molecule has 6 heteroatoms. The highest BCUT2D eigenvalue weighted by Crippen LogP contribution is 2.25. The van der Waals surface area contributed by atoms with Crippen LogP contribution in [0.1, 0.15) is 11.1 Å². The fourth-order valence-electron chi connectivity index (χ4n) is 1.67. The topological polar surface area (TPSA) is 35.2 Å². The smallest absolute Gasteiger partial charge is 0.168 e. The molecule has 106 valence electrons. The number of nitrogen functional groups attached to an aromatic ring is 1. The highest BCUT2D eigenvalue weighted by Gasteiger charge is 2.23. The first-order chi connectivity index (χ1) is 9.41. The summed E-state index contributed by atoms with van der Waals surface area (Å²) in [5, 5.41) is 0. The number of benzene rings is 2. The zero-order valence-electron chi connectivity index (χ0n) is 10.5. The van der Waals surface area contributed by atoms with Crippen LogP contribution in [0.3, 0.4) is 0 Å². The van der Waals surface area contributed by atoms with Crippen molar-refractivity contribution in [2.45, 2.75) is 13.5 Å². The molecule has 2 rings (SSSR count). The average Bonchev–Trinajstić information content (AvgIpc) is 2.43. The number of hydrogen-bond acceptors (Lipinski definition) is 2. The molecule has 0 aliphatic heterocycles. The van der Waals surface area contributed by atoms with Crippen molar-refractivity contribution in [3.63, 3.8) is 0 Å². The van der Waals surface area contributed by atoms with E-state index in [1.165, 1.54) is 12.1 Å². The Morgan fingerprint density at radius 2 is 1.60 bits per heavy atom. The molecule has 0 heterocycles. The third kappa shape index (κ3) is 2.54. The normalized spacial score (nSPS) is 10.7. The van der Waals surface area contributed by atoms with Crippen LogP contribution >= 0.6 is 0 Å². The van der Waals surface area contributed by atoms with E-state index in [1.807, 2.05) is 0 Å². The van der Waals surface area contributed by atoms with Gasteiger partial charge in [-0.15, -0.1) is 0 Å². The monoisotopic (exact) mass is 285 g/mol. The molecule has 2 aromatic carbocycles. The van der Waals surface area contributed by atoms with Gasteiger partial charge in [-0.3, -0.25) is 0 Å². The summed E-state index contributed by atoms with van der Waals surface area (Å²) < 4.78 is 59.0. The predicted molar refractivity (Wildman–Crippen MR) is 66.2 cm³/mol. The van der Waals surface area contributed by atoms with Gasteiger partial charge in [-0.1, -0.05) is 6.07 Å². The van der Waals surface area contributed by atoms with Crippen LogP contribution in [0, 0.1) is 30.2 Å². The van der Waals surface area contributed by atoms with Crippen molar-refractivity contribution in [2.75, 3.05) is 5.73 Å². The van der Waals surface area contributed by atoms with E-state index >= 15 is 0 Å². The first-order valence-corrected chi connectivity index (χ1v) is 5.71. The maximum absolute atomic E-state index is 13.6. The van der Waals surface area contributed by atoms with E-state index in [9.17, 15) is 17.6 Å². The maximum Gasteiger partial charge on any atom is 0.168 e. The Kier molecular flexibility index (Phi) is 3.83. The van der Waals surface area contributed by atoms with Gasteiger partial charge in [0.15, 0.2) is 23.3 Å². The molecule has 0 amide bonds. The quantitative estimate of drug-likeness (QED) is 0.530. The Bertz CT molecular complexity index is 629. The molecule has 0 saturated carbocycles. The summed E-state index contributed by atoms with van der Waals surface area (Å²) in [5.41, 5.74) is 4.40. The molecule has 0 unspecified atom stereocenters. The Hall–Kier alpha value is -2.24. The number of hydrogen-bond donors (Lipinski definition) is 1. The van der Waals surface area contributed by atoms with E-state index < -0.39 is 41.0 Å². The highest BCUT2D eigenvalue weighted by molar-refractivity contribution is 5.43. The minimum absolute atomic E-state index is 0.241. The molecule has 0 saturated heterocycles. The van der Waals surface area contributed by atoms with Gasteiger partial charge in [-0.05, 0) is 19.1 Å². The number of ether oxygens (including phenoxy) is 1. The fourth-order valence-corrected chi connectivity index (χ4v) is 1.67. The molecule has 0 spiro atoms. The lowest BCUT2D eigenvalue weighted by Crippen LogP contribution is -2.09. The molecule has 0 atom stereocenters. The summed E-state index contributed by atoms with van der Waals surface area (Å²) in [6, 6.07) is 6.11. The van der Waals surface area contributed by atoms with Crippen molar-refractivity contribution in [1.29, 1.82) is 0 Å². The molecule has 0 aliphatic carbocycles. The second-order valence-electron chi connectivity index (χ2n) is 4.22. The molecule has 20 heavy (non-hydrogen) atoms. The number of rotatable bonds is 3. The second-order valence-corrected chi connectivity index (χ2v) is 4.22. The van der Waals surface area contributed by atoms with Crippen LogP contribution in [0.2, 0.25) is 0 Å². The van der Waals surface area contributed by atoms with E-state index in [1.54, 1.807) is 12.1 Å². The van der Waals surface area contributed by atoms with E-state index in [-0.39, 0.29) is 5.75 Å². The van der Waals surface area contributed by atoms with Crippen molar-refractivity contribution in [2.24, 2.45) is 0 Å². The Labute approximate surface area is 112 Å². The lowest BCUT2D eigenvalue weighted by Gasteiger charge is -2.11. The minimum atomic E-state index is -1.45. The molecule has 2 nitrogen and oxygen atoms in total. The van der Waals surface area contributed by atoms with Gasteiger partial charge in [-0.2, -0.15) is 0 Å². The molecule has 0 bridgehead atoms. The number of nitrogens with two attached hydrogens (primary N) is 1. The third-order valence-corrected chi connectivity index (χ3v) is 2.82. The summed E-state index contributed by atoms with van der Waals surface area (Å²) in [6.45, 7) is 0.314. The number of anilines is 1. The Morgan fingerprint density at radius 3 is 2.15 bits per heavy atom. The van der Waals surface area contributed by atoms with Crippen molar-refractivity contribution < 1.29 is 22.3 Å². The summed E-state index contributed by atoms with van der Waals surface area (Å²) in [7, 11) is 0. The Morgan fingerprint density at radius 1 is 1.00 bits per heavy atom. The largest absolute Gasteiger partial charge is 0.489 e. The molecular weight excluding hydrogens is 274 g/mol. The fraction of sp³-hybridized carbons (Fsp3) is 0.143. The first-order valence-electron chi connectivity index (χ1n) is 5.71. The summed E-state index contributed by atoms with van der Waals surface area (Å²) >= 11 is 0. The van der Waals surface area contributed by atoms with Crippen molar-refractivity contribution in [3.05, 3.63) is 58.7 Å². The first kappa shape index (κ1) is 14.2. The molecule has 0 radical (unpaired) electrons. The second kappa shape index (κ2) is 5.40. The van der Waals surface area contributed by atoms with Gasteiger partial charge < -0.3 is 10.5 Å². The zero-order valence-corrected chi connectivity index (χ0v) is 10.5. The molecule has 2 aromatic rings. The minimum Gasteiger partial charge on any atom is -0.489 e. The van der Waals surface area contributed by atoms with E-state index in [2.05, 4.69) is 0 Å². The van der Waals surface area contributed by atoms with Gasteiger partial charge in [0, 0.05) is 17.3 Å². The molecular formula is C14H11F4NO. The lowest BCUT2D eigenvalue weighted by atomic mass is 10.1. The van der Waals surface area contributed by atoms with Crippen molar-refractivity contribution >= 4 is 5.69 Å². The number of halogens is 4. The van der Waals surface area contributed by atoms with Gasteiger partial charge in [-0.25, -0.2) is 17.6 Å². The summed E-state index contributed by atoms with van der Waals surface area (Å²) in [4.78, 5) is 0. The van der Waals surface area contributed by atoms with Crippen LogP contribution in [-0.2, 0) is 6.61 Å². The van der Waals surface area contributed by atoms with Crippen LogP contribution in [0.5, 0.6) is 5.75 Å². The van der Waals surface area contributed by atoms with Crippen molar-refractivity contribution in [1.82, 2.24) is 0 Å². The summed E-state index contributed by atoms with van der Waals surface area (Å²) in [5.74, 6) is -5.51. The van der Waals surface area contributed by atoms with Crippen LogP contribution in [0.25, 0.3) is 0 Å². The van der Waals surface area contributed by atoms with Gasteiger partial charge in [0.1, 0.15) is 12.4 Å². The van der Waals surface area contributed by atoms with Crippen molar-refractivity contribution in [3.8, 4) is 5.75 Å².